The number of halogens is 2. The van der Waals surface area contributed by atoms with E-state index in [4.69, 9.17) is 0 Å². The minimum absolute atomic E-state index is 0.0547. The molecule has 0 spiro atoms. The molecule has 1 aromatic rings. The molecule has 64 valence electrons. The Morgan fingerprint density at radius 1 is 1.75 bits per heavy atom. The number of hydrogen-bond acceptors (Lipinski definition) is 2. The maximum Gasteiger partial charge on any atom is 0.146 e. The molecule has 1 aromatic heterocycles. The summed E-state index contributed by atoms with van der Waals surface area (Å²) < 4.78 is 13.5. The van der Waals surface area contributed by atoms with Crippen molar-refractivity contribution in [3.63, 3.8) is 0 Å². The number of Topliss-reactive ketones (excluding diaryl/α,β-unsaturated/α-hetero) is 1. The number of ketones is 1. The van der Waals surface area contributed by atoms with Gasteiger partial charge in [0.25, 0.3) is 0 Å². The van der Waals surface area contributed by atoms with Gasteiger partial charge < -0.3 is 0 Å². The van der Waals surface area contributed by atoms with Crippen LogP contribution in [0.3, 0.4) is 0 Å². The quantitative estimate of drug-likeness (QED) is 0.781. The van der Waals surface area contributed by atoms with Crippen LogP contribution in [0.4, 0.5) is 4.39 Å². The second-order valence-corrected chi connectivity index (χ2v) is 3.38. The summed E-state index contributed by atoms with van der Waals surface area (Å²) >= 11 is 3.08. The number of pyridine rings is 1. The molecular formula is C8H7BrFNO. The first-order valence-electron chi connectivity index (χ1n) is 3.39. The summed E-state index contributed by atoms with van der Waals surface area (Å²) in [4.78, 5) is 14.4. The van der Waals surface area contributed by atoms with Crippen molar-refractivity contribution in [2.45, 2.75) is 13.3 Å². The van der Waals surface area contributed by atoms with Crippen molar-refractivity contribution in [2.75, 3.05) is 0 Å². The van der Waals surface area contributed by atoms with Crippen molar-refractivity contribution in [3.05, 3.63) is 28.2 Å². The van der Waals surface area contributed by atoms with Crippen LogP contribution in [0.2, 0.25) is 0 Å². The molecule has 4 heteroatoms. The maximum atomic E-state index is 13.0. The highest BCUT2D eigenvalue weighted by molar-refractivity contribution is 9.10. The second kappa shape index (κ2) is 3.76. The summed E-state index contributed by atoms with van der Waals surface area (Å²) in [5, 5.41) is 0. The van der Waals surface area contributed by atoms with E-state index in [2.05, 4.69) is 20.9 Å². The van der Waals surface area contributed by atoms with Gasteiger partial charge in [-0.2, -0.15) is 0 Å². The Morgan fingerprint density at radius 2 is 2.42 bits per heavy atom. The van der Waals surface area contributed by atoms with E-state index >= 15 is 0 Å². The van der Waals surface area contributed by atoms with Crippen molar-refractivity contribution in [1.82, 2.24) is 4.98 Å². The third kappa shape index (κ3) is 2.37. The normalized spacial score (nSPS) is 9.92. The number of carbonyl (C=O) groups is 1. The minimum atomic E-state index is -0.445. The predicted octanol–water partition coefficient (Wildman–Crippen LogP) is 2.11. The third-order valence-corrected chi connectivity index (χ3v) is 1.73. The van der Waals surface area contributed by atoms with E-state index in [1.54, 1.807) is 0 Å². The first-order chi connectivity index (χ1) is 5.59. The van der Waals surface area contributed by atoms with Gasteiger partial charge in [0, 0.05) is 10.7 Å². The van der Waals surface area contributed by atoms with Crippen LogP contribution >= 0.6 is 15.9 Å². The van der Waals surface area contributed by atoms with Gasteiger partial charge in [0.1, 0.15) is 11.6 Å². The summed E-state index contributed by atoms with van der Waals surface area (Å²) in [6.07, 6.45) is 1.53. The maximum absolute atomic E-state index is 13.0. The van der Waals surface area contributed by atoms with Crippen LogP contribution in [-0.4, -0.2) is 10.8 Å². The van der Waals surface area contributed by atoms with E-state index in [9.17, 15) is 9.18 Å². The molecule has 0 amide bonds. The summed E-state index contributed by atoms with van der Waals surface area (Å²) in [7, 11) is 0. The van der Waals surface area contributed by atoms with Crippen LogP contribution in [0.5, 0.6) is 0 Å². The summed E-state index contributed by atoms with van der Waals surface area (Å²) in [5.74, 6) is -0.539. The van der Waals surface area contributed by atoms with Gasteiger partial charge in [-0.1, -0.05) is 0 Å². The number of hydrogen-bond donors (Lipinski definition) is 0. The standard InChI is InChI=1S/C8H7BrFNO/c1-5(12)2-8-7(10)3-6(9)4-11-8/h3-4H,2H2,1H3. The molecule has 1 rings (SSSR count). The van der Waals surface area contributed by atoms with Crippen LogP contribution in [0.25, 0.3) is 0 Å². The lowest BCUT2D eigenvalue weighted by Gasteiger charge is -1.98. The zero-order valence-corrected chi connectivity index (χ0v) is 8.06. The van der Waals surface area contributed by atoms with Crippen molar-refractivity contribution in [2.24, 2.45) is 0 Å². The van der Waals surface area contributed by atoms with Gasteiger partial charge in [-0.3, -0.25) is 9.78 Å². The molecular weight excluding hydrogens is 225 g/mol. The van der Waals surface area contributed by atoms with E-state index in [1.807, 2.05) is 0 Å². The largest absolute Gasteiger partial charge is 0.300 e. The van der Waals surface area contributed by atoms with Crippen LogP contribution in [0.15, 0.2) is 16.7 Å². The van der Waals surface area contributed by atoms with Gasteiger partial charge in [-0.15, -0.1) is 0 Å². The molecule has 0 saturated heterocycles. The van der Waals surface area contributed by atoms with Gasteiger partial charge >= 0.3 is 0 Å². The zero-order chi connectivity index (χ0) is 9.14. The Labute approximate surface area is 77.9 Å². The van der Waals surface area contributed by atoms with E-state index < -0.39 is 5.82 Å². The van der Waals surface area contributed by atoms with Crippen molar-refractivity contribution < 1.29 is 9.18 Å². The van der Waals surface area contributed by atoms with Crippen LogP contribution < -0.4 is 0 Å². The first kappa shape index (κ1) is 9.32. The lowest BCUT2D eigenvalue weighted by Crippen LogP contribution is -2.01. The average molecular weight is 232 g/mol. The molecule has 0 aromatic carbocycles. The van der Waals surface area contributed by atoms with Gasteiger partial charge in [0.05, 0.1) is 12.1 Å². The fourth-order valence-corrected chi connectivity index (χ4v) is 1.11. The average Bonchev–Trinajstić information content (AvgIpc) is 1.94. The highest BCUT2D eigenvalue weighted by Crippen LogP contribution is 2.12. The van der Waals surface area contributed by atoms with E-state index in [0.717, 1.165) is 0 Å². The topological polar surface area (TPSA) is 30.0 Å². The van der Waals surface area contributed by atoms with Gasteiger partial charge in [0.2, 0.25) is 0 Å². The Balaban J connectivity index is 2.93. The van der Waals surface area contributed by atoms with E-state index in [1.165, 1.54) is 19.2 Å². The fraction of sp³-hybridized carbons (Fsp3) is 0.250. The third-order valence-electron chi connectivity index (χ3n) is 1.30. The molecule has 0 saturated carbocycles. The lowest BCUT2D eigenvalue weighted by atomic mass is 10.2. The molecule has 0 bridgehead atoms. The molecule has 0 aliphatic heterocycles. The molecule has 0 atom stereocenters. The Morgan fingerprint density at radius 3 is 2.92 bits per heavy atom. The number of carbonyl (C=O) groups excluding carboxylic acids is 1. The van der Waals surface area contributed by atoms with Crippen molar-refractivity contribution in [3.8, 4) is 0 Å². The minimum Gasteiger partial charge on any atom is -0.300 e. The smallest absolute Gasteiger partial charge is 0.146 e. The van der Waals surface area contributed by atoms with Gasteiger partial charge in [0.15, 0.2) is 0 Å². The van der Waals surface area contributed by atoms with Crippen LogP contribution in [0, 0.1) is 5.82 Å². The highest BCUT2D eigenvalue weighted by atomic mass is 79.9. The molecule has 1 heterocycles. The highest BCUT2D eigenvalue weighted by Gasteiger charge is 2.06. The van der Waals surface area contributed by atoms with E-state index in [-0.39, 0.29) is 17.9 Å². The van der Waals surface area contributed by atoms with Crippen molar-refractivity contribution in [1.29, 1.82) is 0 Å². The summed E-state index contributed by atoms with van der Waals surface area (Å²) in [5.41, 5.74) is 0.200. The molecule has 2 nitrogen and oxygen atoms in total. The molecule has 0 aliphatic rings. The molecule has 12 heavy (non-hydrogen) atoms. The van der Waals surface area contributed by atoms with Crippen molar-refractivity contribution >= 4 is 21.7 Å². The van der Waals surface area contributed by atoms with Crippen LogP contribution in [0.1, 0.15) is 12.6 Å². The first-order valence-corrected chi connectivity index (χ1v) is 4.18. The van der Waals surface area contributed by atoms with Gasteiger partial charge in [-0.25, -0.2) is 4.39 Å². The molecule has 0 N–H and O–H groups in total. The number of rotatable bonds is 2. The van der Waals surface area contributed by atoms with Gasteiger partial charge in [-0.05, 0) is 28.9 Å². The number of aromatic nitrogens is 1. The predicted molar refractivity (Wildman–Crippen MR) is 46.3 cm³/mol. The molecule has 0 fully saturated rings. The summed E-state index contributed by atoms with van der Waals surface area (Å²) in [6.45, 7) is 1.41. The van der Waals surface area contributed by atoms with Crippen LogP contribution in [-0.2, 0) is 11.2 Å². The SMILES string of the molecule is CC(=O)Cc1ncc(Br)cc1F. The monoisotopic (exact) mass is 231 g/mol. The molecule has 0 unspecified atom stereocenters. The second-order valence-electron chi connectivity index (χ2n) is 2.46. The Kier molecular flexibility index (Phi) is 2.92. The fourth-order valence-electron chi connectivity index (χ4n) is 0.809. The molecule has 0 radical (unpaired) electrons. The Bertz CT molecular complexity index is 314. The van der Waals surface area contributed by atoms with E-state index in [0.29, 0.717) is 4.47 Å². The molecule has 0 aliphatic carbocycles. The zero-order valence-electron chi connectivity index (χ0n) is 6.47. The summed E-state index contributed by atoms with van der Waals surface area (Å²) in [6, 6.07) is 1.30. The Hall–Kier alpha value is -0.770. The lowest BCUT2D eigenvalue weighted by molar-refractivity contribution is -0.116. The number of nitrogens with zero attached hydrogens (tertiary/aromatic N) is 1.